The molecule has 1 aliphatic heterocycles. The number of carbonyl (C=O) groups excluding carboxylic acids is 1. The van der Waals surface area contributed by atoms with Gasteiger partial charge in [0.15, 0.2) is 0 Å². The van der Waals surface area contributed by atoms with E-state index in [1.165, 1.54) is 0 Å². The van der Waals surface area contributed by atoms with Crippen LogP contribution in [-0.2, 0) is 19.1 Å². The van der Waals surface area contributed by atoms with Gasteiger partial charge in [-0.15, -0.1) is 12.4 Å². The summed E-state index contributed by atoms with van der Waals surface area (Å²) in [4.78, 5) is 40.0. The Morgan fingerprint density at radius 2 is 2.25 bits per heavy atom. The number of esters is 1. The highest BCUT2D eigenvalue weighted by atomic mass is 35.5. The predicted octanol–water partition coefficient (Wildman–Crippen LogP) is -1.43. The van der Waals surface area contributed by atoms with Crippen molar-refractivity contribution in [3.05, 3.63) is 32.9 Å². The van der Waals surface area contributed by atoms with Gasteiger partial charge in [0.1, 0.15) is 18.9 Å². The zero-order valence-electron chi connectivity index (χ0n) is 12.3. The number of nitrogens with one attached hydrogen (secondary N) is 1. The van der Waals surface area contributed by atoms with Crippen molar-refractivity contribution in [3.63, 3.8) is 0 Å². The first-order valence-corrected chi connectivity index (χ1v) is 6.74. The predicted molar refractivity (Wildman–Crippen MR) is 78.8 cm³/mol. The number of aliphatic hydroxyl groups is 1. The minimum absolute atomic E-state index is 0. The van der Waals surface area contributed by atoms with Crippen LogP contribution >= 0.6 is 12.4 Å². The zero-order chi connectivity index (χ0) is 17.0. The summed E-state index contributed by atoms with van der Waals surface area (Å²) in [6, 6.07) is 0. The van der Waals surface area contributed by atoms with Crippen LogP contribution in [0.15, 0.2) is 15.8 Å². The second-order valence-corrected chi connectivity index (χ2v) is 4.88. The number of halogens is 2. The first-order chi connectivity index (χ1) is 10.9. The Hall–Kier alpha value is -1.79. The molecule has 1 aliphatic rings. The maximum Gasteiger partial charge on any atom is 0.330 e. The average molecular weight is 370 g/mol. The normalized spacial score (nSPS) is 22.9. The maximum absolute atomic E-state index is 13.3. The van der Waals surface area contributed by atoms with Crippen LogP contribution in [0, 0.1) is 5.82 Å². The molecule has 0 saturated carbocycles. The van der Waals surface area contributed by atoms with Crippen molar-refractivity contribution in [3.8, 4) is 0 Å². The number of carbonyl (C=O) groups is 1. The van der Waals surface area contributed by atoms with Gasteiger partial charge in [-0.25, -0.2) is 10.7 Å². The highest BCUT2D eigenvalue weighted by Crippen LogP contribution is 2.27. The van der Waals surface area contributed by atoms with Gasteiger partial charge >= 0.3 is 11.7 Å². The molecule has 4 N–H and O–H groups in total. The van der Waals surface area contributed by atoms with E-state index in [9.17, 15) is 23.9 Å². The molecule has 0 amide bonds. The Balaban J connectivity index is 0.00000288. The van der Waals surface area contributed by atoms with Gasteiger partial charge in [-0.2, -0.15) is 4.39 Å². The lowest BCUT2D eigenvalue weighted by Crippen LogP contribution is -2.34. The molecular weight excluding hydrogens is 353 g/mol. The SMILES string of the molecule is Cl.NOCCC(=O)OC[C@H]1O[C@@H](n2cc(F)c(=O)[nH]c2=O)C[C@@H]1O. The molecule has 1 aromatic rings. The van der Waals surface area contributed by atoms with Crippen molar-refractivity contribution in [2.24, 2.45) is 5.90 Å². The molecule has 0 bridgehead atoms. The van der Waals surface area contributed by atoms with E-state index in [0.717, 1.165) is 4.57 Å². The number of aromatic nitrogens is 2. The molecule has 0 spiro atoms. The summed E-state index contributed by atoms with van der Waals surface area (Å²) in [5.41, 5.74) is -2.01. The highest BCUT2D eigenvalue weighted by molar-refractivity contribution is 5.85. The van der Waals surface area contributed by atoms with Crippen molar-refractivity contribution < 1.29 is 28.6 Å². The third kappa shape index (κ3) is 4.85. The van der Waals surface area contributed by atoms with Crippen LogP contribution in [0.25, 0.3) is 0 Å². The third-order valence-corrected chi connectivity index (χ3v) is 3.27. The molecule has 0 radical (unpaired) electrons. The van der Waals surface area contributed by atoms with Crippen LogP contribution in [0.2, 0.25) is 0 Å². The largest absolute Gasteiger partial charge is 0.463 e. The van der Waals surface area contributed by atoms with E-state index in [-0.39, 0.29) is 38.5 Å². The van der Waals surface area contributed by atoms with E-state index >= 15 is 0 Å². The van der Waals surface area contributed by atoms with Gasteiger partial charge in [0.2, 0.25) is 5.82 Å². The molecule has 2 heterocycles. The second kappa shape index (κ2) is 8.89. The van der Waals surface area contributed by atoms with Gasteiger partial charge in [0.05, 0.1) is 25.3 Å². The number of aliphatic hydroxyl groups excluding tert-OH is 1. The summed E-state index contributed by atoms with van der Waals surface area (Å²) < 4.78 is 24.3. The summed E-state index contributed by atoms with van der Waals surface area (Å²) in [6.07, 6.45) is -2.29. The molecule has 1 saturated heterocycles. The molecule has 0 aliphatic carbocycles. The average Bonchev–Trinajstić information content (AvgIpc) is 2.87. The molecule has 24 heavy (non-hydrogen) atoms. The molecule has 136 valence electrons. The summed E-state index contributed by atoms with van der Waals surface area (Å²) in [5, 5.41) is 9.88. The molecule has 0 aromatic carbocycles. The van der Waals surface area contributed by atoms with Crippen LogP contribution < -0.4 is 17.1 Å². The van der Waals surface area contributed by atoms with Crippen molar-refractivity contribution in [2.45, 2.75) is 31.3 Å². The van der Waals surface area contributed by atoms with E-state index in [4.69, 9.17) is 15.4 Å². The number of ether oxygens (including phenoxy) is 2. The van der Waals surface area contributed by atoms with Crippen molar-refractivity contribution >= 4 is 18.4 Å². The number of nitrogens with zero attached hydrogens (tertiary/aromatic N) is 1. The van der Waals surface area contributed by atoms with Crippen LogP contribution in [-0.4, -0.2) is 46.0 Å². The molecule has 1 aromatic heterocycles. The first kappa shape index (κ1) is 20.3. The van der Waals surface area contributed by atoms with E-state index in [0.29, 0.717) is 6.20 Å². The Morgan fingerprint density at radius 1 is 1.54 bits per heavy atom. The fourth-order valence-electron chi connectivity index (χ4n) is 2.10. The molecular formula is C12H17ClFN3O7. The monoisotopic (exact) mass is 369 g/mol. The van der Waals surface area contributed by atoms with Crippen LogP contribution in [0.1, 0.15) is 19.1 Å². The van der Waals surface area contributed by atoms with Crippen LogP contribution in [0.3, 0.4) is 0 Å². The molecule has 0 unspecified atom stereocenters. The molecule has 10 nitrogen and oxygen atoms in total. The van der Waals surface area contributed by atoms with Crippen LogP contribution in [0.4, 0.5) is 4.39 Å². The van der Waals surface area contributed by atoms with Gasteiger partial charge < -0.3 is 19.4 Å². The molecule has 1 fully saturated rings. The van der Waals surface area contributed by atoms with E-state index < -0.39 is 41.5 Å². The van der Waals surface area contributed by atoms with Crippen LogP contribution in [0.5, 0.6) is 0 Å². The Morgan fingerprint density at radius 3 is 2.92 bits per heavy atom. The molecule has 2 rings (SSSR count). The third-order valence-electron chi connectivity index (χ3n) is 3.27. The van der Waals surface area contributed by atoms with Crippen molar-refractivity contribution in [1.29, 1.82) is 0 Å². The standard InChI is InChI=1S/C12H16FN3O7.ClH/c13-6-4-16(12(20)15-11(6)19)9-3-7(17)8(23-9)5-21-10(18)1-2-22-14;/h4,7-9,17H,1-3,5,14H2,(H,15,19,20);1H/t7-,8+,9+;/m0./s1. The fraction of sp³-hybridized carbons (Fsp3) is 0.583. The number of hydrogen-bond donors (Lipinski definition) is 3. The molecule has 3 atom stereocenters. The number of nitrogens with two attached hydrogens (primary N) is 1. The zero-order valence-corrected chi connectivity index (χ0v) is 13.2. The summed E-state index contributed by atoms with van der Waals surface area (Å²) in [5.74, 6) is 3.03. The second-order valence-electron chi connectivity index (χ2n) is 4.88. The van der Waals surface area contributed by atoms with Gasteiger partial charge in [-0.3, -0.25) is 19.1 Å². The number of H-pyrrole nitrogens is 1. The smallest absolute Gasteiger partial charge is 0.330 e. The lowest BCUT2D eigenvalue weighted by atomic mass is 10.2. The van der Waals surface area contributed by atoms with E-state index in [1.54, 1.807) is 4.98 Å². The maximum atomic E-state index is 13.3. The number of aromatic amines is 1. The summed E-state index contributed by atoms with van der Waals surface area (Å²) in [6.45, 7) is -0.261. The number of hydrogen-bond acceptors (Lipinski definition) is 8. The van der Waals surface area contributed by atoms with Gasteiger partial charge in [0, 0.05) is 6.42 Å². The van der Waals surface area contributed by atoms with E-state index in [2.05, 4.69) is 4.84 Å². The van der Waals surface area contributed by atoms with Gasteiger partial charge in [-0.05, 0) is 0 Å². The highest BCUT2D eigenvalue weighted by Gasteiger charge is 2.36. The topological polar surface area (TPSA) is 146 Å². The van der Waals surface area contributed by atoms with Gasteiger partial charge in [0.25, 0.3) is 5.56 Å². The minimum atomic E-state index is -1.15. The fourth-order valence-corrected chi connectivity index (χ4v) is 2.10. The lowest BCUT2D eigenvalue weighted by molar-refractivity contribution is -0.151. The molecule has 12 heteroatoms. The Labute approximate surface area is 140 Å². The first-order valence-electron chi connectivity index (χ1n) is 6.74. The van der Waals surface area contributed by atoms with Crippen molar-refractivity contribution in [1.82, 2.24) is 9.55 Å². The summed E-state index contributed by atoms with van der Waals surface area (Å²) in [7, 11) is 0. The minimum Gasteiger partial charge on any atom is -0.463 e. The van der Waals surface area contributed by atoms with E-state index in [1.807, 2.05) is 0 Å². The Bertz CT molecular complexity index is 679. The lowest BCUT2D eigenvalue weighted by Gasteiger charge is -2.16. The summed E-state index contributed by atoms with van der Waals surface area (Å²) >= 11 is 0. The van der Waals surface area contributed by atoms with Crippen molar-refractivity contribution in [2.75, 3.05) is 13.2 Å². The Kier molecular flexibility index (Phi) is 7.51. The number of rotatable bonds is 6. The quantitative estimate of drug-likeness (QED) is 0.408. The van der Waals surface area contributed by atoms with Gasteiger partial charge in [-0.1, -0.05) is 0 Å².